The third-order valence-corrected chi connectivity index (χ3v) is 4.14. The van der Waals surface area contributed by atoms with Crippen LogP contribution in [-0.4, -0.2) is 36.9 Å². The molecular formula is C14H20F3NOS. The molecule has 0 amide bonds. The second-order valence-corrected chi connectivity index (χ2v) is 6.00. The third kappa shape index (κ3) is 5.81. The Kier molecular flexibility index (Phi) is 5.86. The molecule has 0 radical (unpaired) electrons. The van der Waals surface area contributed by atoms with Gasteiger partial charge in [-0.15, -0.1) is 0 Å². The Hall–Kier alpha value is -0.590. The zero-order valence-corrected chi connectivity index (χ0v) is 12.2. The van der Waals surface area contributed by atoms with Crippen molar-refractivity contribution in [1.29, 1.82) is 0 Å². The average molecular weight is 307 g/mol. The number of nitrogens with zero attached hydrogens (tertiary/aromatic N) is 1. The second kappa shape index (κ2) is 7.43. The summed E-state index contributed by atoms with van der Waals surface area (Å²) in [5.41, 5.74) is 1.17. The largest absolute Gasteiger partial charge is 0.389 e. The summed E-state index contributed by atoms with van der Waals surface area (Å²) in [7, 11) is 0. The lowest BCUT2D eigenvalue weighted by Gasteiger charge is -2.25. The summed E-state index contributed by atoms with van der Waals surface area (Å²) >= 11 is 1.61. The van der Waals surface area contributed by atoms with Gasteiger partial charge in [0.1, 0.15) is 0 Å². The monoisotopic (exact) mass is 307 g/mol. The molecule has 1 aromatic rings. The predicted molar refractivity (Wildman–Crippen MR) is 73.9 cm³/mol. The standard InChI is InChI=1S/C14H20F3NOS/c15-14(16,17)5-2-6-18(9-12-4-8-20-11-12)10-13-3-1-7-19-13/h4,8,11,13H,1-3,5-7,9-10H2/t13-/m0/s1. The summed E-state index contributed by atoms with van der Waals surface area (Å²) in [6.07, 6.45) is -2.37. The first kappa shape index (κ1) is 15.8. The number of rotatable bonds is 7. The normalized spacial score (nSPS) is 19.9. The van der Waals surface area contributed by atoms with E-state index in [4.69, 9.17) is 4.74 Å². The van der Waals surface area contributed by atoms with E-state index >= 15 is 0 Å². The van der Waals surface area contributed by atoms with Gasteiger partial charge >= 0.3 is 6.18 Å². The molecule has 1 fully saturated rings. The van der Waals surface area contributed by atoms with Crippen LogP contribution in [-0.2, 0) is 11.3 Å². The van der Waals surface area contributed by atoms with Gasteiger partial charge < -0.3 is 4.74 Å². The van der Waals surface area contributed by atoms with Gasteiger partial charge in [0.2, 0.25) is 0 Å². The Morgan fingerprint density at radius 3 is 2.85 bits per heavy atom. The maximum atomic E-state index is 12.2. The molecule has 20 heavy (non-hydrogen) atoms. The Balaban J connectivity index is 1.82. The van der Waals surface area contributed by atoms with Crippen molar-refractivity contribution in [2.45, 2.75) is 44.5 Å². The number of halogens is 3. The van der Waals surface area contributed by atoms with Gasteiger partial charge in [-0.05, 0) is 48.2 Å². The van der Waals surface area contributed by atoms with Gasteiger partial charge in [-0.2, -0.15) is 24.5 Å². The van der Waals surface area contributed by atoms with Gasteiger partial charge in [0.15, 0.2) is 0 Å². The fourth-order valence-electron chi connectivity index (χ4n) is 2.46. The lowest BCUT2D eigenvalue weighted by atomic mass is 10.2. The van der Waals surface area contributed by atoms with Crippen LogP contribution in [0.15, 0.2) is 16.8 Å². The van der Waals surface area contributed by atoms with Crippen molar-refractivity contribution >= 4 is 11.3 Å². The van der Waals surface area contributed by atoms with Crippen molar-refractivity contribution in [2.75, 3.05) is 19.7 Å². The van der Waals surface area contributed by atoms with E-state index in [9.17, 15) is 13.2 Å². The summed E-state index contributed by atoms with van der Waals surface area (Å²) in [5.74, 6) is 0. The summed E-state index contributed by atoms with van der Waals surface area (Å²) in [6.45, 7) is 2.68. The second-order valence-electron chi connectivity index (χ2n) is 5.22. The maximum absolute atomic E-state index is 12.2. The van der Waals surface area contributed by atoms with Gasteiger partial charge in [-0.25, -0.2) is 0 Å². The molecule has 1 aliphatic rings. The number of hydrogen-bond donors (Lipinski definition) is 0. The highest BCUT2D eigenvalue weighted by atomic mass is 32.1. The highest BCUT2D eigenvalue weighted by Crippen LogP contribution is 2.22. The summed E-state index contributed by atoms with van der Waals surface area (Å²) in [4.78, 5) is 2.09. The molecule has 0 saturated carbocycles. The van der Waals surface area contributed by atoms with Gasteiger partial charge in [0.25, 0.3) is 0 Å². The Morgan fingerprint density at radius 2 is 2.25 bits per heavy atom. The molecule has 1 saturated heterocycles. The first-order valence-electron chi connectivity index (χ1n) is 6.95. The highest BCUT2D eigenvalue weighted by Gasteiger charge is 2.27. The molecule has 114 valence electrons. The molecular weight excluding hydrogens is 287 g/mol. The van der Waals surface area contributed by atoms with Crippen molar-refractivity contribution in [2.24, 2.45) is 0 Å². The fourth-order valence-corrected chi connectivity index (χ4v) is 3.11. The van der Waals surface area contributed by atoms with Crippen LogP contribution in [0, 0.1) is 0 Å². The van der Waals surface area contributed by atoms with Crippen molar-refractivity contribution in [1.82, 2.24) is 4.90 Å². The minimum Gasteiger partial charge on any atom is -0.377 e. The minimum atomic E-state index is -4.06. The first-order valence-corrected chi connectivity index (χ1v) is 7.89. The molecule has 6 heteroatoms. The van der Waals surface area contributed by atoms with Gasteiger partial charge in [0, 0.05) is 26.1 Å². The molecule has 0 spiro atoms. The number of thiophene rings is 1. The maximum Gasteiger partial charge on any atom is 0.389 e. The molecule has 0 aliphatic carbocycles. The van der Waals surface area contributed by atoms with E-state index in [0.717, 1.165) is 26.0 Å². The van der Waals surface area contributed by atoms with Gasteiger partial charge in [0.05, 0.1) is 6.10 Å². The smallest absolute Gasteiger partial charge is 0.377 e. The molecule has 0 bridgehead atoms. The van der Waals surface area contributed by atoms with Crippen LogP contribution in [0.4, 0.5) is 13.2 Å². The van der Waals surface area contributed by atoms with Crippen LogP contribution < -0.4 is 0 Å². The molecule has 2 nitrogen and oxygen atoms in total. The first-order chi connectivity index (χ1) is 9.53. The number of ether oxygens (including phenoxy) is 1. The molecule has 2 rings (SSSR count). The molecule has 1 aliphatic heterocycles. The summed E-state index contributed by atoms with van der Waals surface area (Å²) < 4.78 is 42.3. The fraction of sp³-hybridized carbons (Fsp3) is 0.714. The quantitative estimate of drug-likeness (QED) is 0.753. The molecule has 2 heterocycles. The Bertz CT molecular complexity index is 374. The van der Waals surface area contributed by atoms with E-state index in [1.54, 1.807) is 11.3 Å². The van der Waals surface area contributed by atoms with Gasteiger partial charge in [-0.3, -0.25) is 4.90 Å². The zero-order valence-electron chi connectivity index (χ0n) is 11.4. The van der Waals surface area contributed by atoms with Crippen molar-refractivity contribution < 1.29 is 17.9 Å². The lowest BCUT2D eigenvalue weighted by molar-refractivity contribution is -0.136. The number of hydrogen-bond acceptors (Lipinski definition) is 3. The van der Waals surface area contributed by atoms with Crippen LogP contribution in [0.1, 0.15) is 31.2 Å². The molecule has 1 atom stereocenters. The van der Waals surface area contributed by atoms with Crippen LogP contribution in [0.3, 0.4) is 0 Å². The van der Waals surface area contributed by atoms with E-state index in [2.05, 4.69) is 4.90 Å². The predicted octanol–water partition coefficient (Wildman–Crippen LogP) is 4.07. The highest BCUT2D eigenvalue weighted by molar-refractivity contribution is 7.07. The lowest BCUT2D eigenvalue weighted by Crippen LogP contribution is -2.33. The van der Waals surface area contributed by atoms with E-state index in [1.165, 1.54) is 5.56 Å². The third-order valence-electron chi connectivity index (χ3n) is 3.41. The van der Waals surface area contributed by atoms with E-state index < -0.39 is 12.6 Å². The van der Waals surface area contributed by atoms with Crippen molar-refractivity contribution in [3.63, 3.8) is 0 Å². The van der Waals surface area contributed by atoms with E-state index in [-0.39, 0.29) is 12.5 Å². The van der Waals surface area contributed by atoms with Crippen LogP contribution in [0.5, 0.6) is 0 Å². The SMILES string of the molecule is FC(F)(F)CCCN(Cc1ccsc1)C[C@@H]1CCCO1. The van der Waals surface area contributed by atoms with Crippen LogP contribution in [0.2, 0.25) is 0 Å². The minimum absolute atomic E-state index is 0.153. The molecule has 1 aromatic heterocycles. The topological polar surface area (TPSA) is 12.5 Å². The Morgan fingerprint density at radius 1 is 1.40 bits per heavy atom. The van der Waals surface area contributed by atoms with Gasteiger partial charge in [-0.1, -0.05) is 0 Å². The van der Waals surface area contributed by atoms with Crippen molar-refractivity contribution in [3.8, 4) is 0 Å². The summed E-state index contributed by atoms with van der Waals surface area (Å²) in [5, 5.41) is 4.04. The van der Waals surface area contributed by atoms with E-state index in [1.807, 2.05) is 16.8 Å². The van der Waals surface area contributed by atoms with Crippen LogP contribution >= 0.6 is 11.3 Å². The number of alkyl halides is 3. The van der Waals surface area contributed by atoms with Crippen molar-refractivity contribution in [3.05, 3.63) is 22.4 Å². The van der Waals surface area contributed by atoms with E-state index in [0.29, 0.717) is 13.1 Å². The molecule has 0 aromatic carbocycles. The molecule has 0 N–H and O–H groups in total. The Labute approximate surface area is 121 Å². The zero-order chi connectivity index (χ0) is 14.4. The average Bonchev–Trinajstić information content (AvgIpc) is 3.00. The van der Waals surface area contributed by atoms with Crippen LogP contribution in [0.25, 0.3) is 0 Å². The molecule has 0 unspecified atom stereocenters. The summed E-state index contributed by atoms with van der Waals surface area (Å²) in [6, 6.07) is 2.02.